The first-order valence-electron chi connectivity index (χ1n) is 13.6. The van der Waals surface area contributed by atoms with Crippen molar-refractivity contribution in [3.63, 3.8) is 0 Å². The third-order valence-corrected chi connectivity index (χ3v) is 8.11. The normalized spacial score (nSPS) is 17.2. The first-order valence-corrected chi connectivity index (χ1v) is 13.6. The van der Waals surface area contributed by atoms with Gasteiger partial charge in [-0.3, -0.25) is 4.79 Å². The maximum absolute atomic E-state index is 12.9. The maximum Gasteiger partial charge on any atom is 0.334 e. The van der Waals surface area contributed by atoms with E-state index in [1.54, 1.807) is 6.92 Å². The van der Waals surface area contributed by atoms with Crippen molar-refractivity contribution < 1.29 is 19.2 Å². The highest BCUT2D eigenvalue weighted by Gasteiger charge is 2.36. The first-order chi connectivity index (χ1) is 17.5. The number of carbonyl (C=O) groups is 2. The van der Waals surface area contributed by atoms with Crippen LogP contribution in [0, 0.1) is 5.92 Å². The van der Waals surface area contributed by atoms with Crippen LogP contribution in [-0.4, -0.2) is 23.3 Å². The highest BCUT2D eigenvalue weighted by molar-refractivity contribution is 6.03. The minimum Gasteiger partial charge on any atom is -0.459 e. The van der Waals surface area contributed by atoms with Crippen molar-refractivity contribution >= 4 is 23.3 Å². The van der Waals surface area contributed by atoms with E-state index in [1.165, 1.54) is 30.4 Å². The fraction of sp³-hybridized carbons (Fsp3) is 0.516. The Kier molecular flexibility index (Phi) is 7.77. The van der Waals surface area contributed by atoms with Gasteiger partial charge in [0.1, 0.15) is 5.60 Å². The summed E-state index contributed by atoms with van der Waals surface area (Å²) in [5, 5.41) is 4.20. The number of nitrogens with two attached hydrogens (primary N) is 1. The minimum absolute atomic E-state index is 0.163. The molecule has 0 atom stereocenters. The number of rotatable bonds is 8. The van der Waals surface area contributed by atoms with Crippen molar-refractivity contribution in [3.05, 3.63) is 53.1 Å². The molecule has 6 nitrogen and oxygen atoms in total. The zero-order valence-corrected chi connectivity index (χ0v) is 22.9. The van der Waals surface area contributed by atoms with Crippen molar-refractivity contribution in [1.82, 2.24) is 0 Å². The van der Waals surface area contributed by atoms with Gasteiger partial charge >= 0.3 is 11.9 Å². The number of hydrogen-bond acceptors (Lipinski definition) is 6. The van der Waals surface area contributed by atoms with E-state index < -0.39 is 11.6 Å². The topological polar surface area (TPSA) is 91.0 Å². The molecule has 2 aliphatic carbocycles. The zero-order valence-electron chi connectivity index (χ0n) is 22.9. The van der Waals surface area contributed by atoms with Crippen LogP contribution in [0.2, 0.25) is 0 Å². The number of nitrogen functional groups attached to an aromatic ring is 1. The third kappa shape index (κ3) is 5.73. The van der Waals surface area contributed by atoms with Crippen molar-refractivity contribution in [2.75, 3.05) is 5.73 Å². The quantitative estimate of drug-likeness (QED) is 0.139. The van der Waals surface area contributed by atoms with E-state index in [1.807, 2.05) is 32.0 Å². The Morgan fingerprint density at radius 1 is 0.973 bits per heavy atom. The molecular weight excluding hydrogens is 464 g/mol. The van der Waals surface area contributed by atoms with Crippen LogP contribution in [0.5, 0.6) is 0 Å². The van der Waals surface area contributed by atoms with Gasteiger partial charge in [-0.1, -0.05) is 63.4 Å². The highest BCUT2D eigenvalue weighted by atomic mass is 16.7. The molecule has 0 aromatic heterocycles. The standard InChI is InChI=1S/C31H40N2O4/c1-6-28(34)37-33-27(16-17-29(35)36-31(4,5)21-10-8-7-9-11-21)20-12-14-23-24-15-13-22(32)19-26(24)30(2,3)25(23)18-20/h12-15,18-19,21H,6-11,16-17,32H2,1-5H3/b33-27-. The van der Waals surface area contributed by atoms with E-state index in [9.17, 15) is 9.59 Å². The number of ether oxygens (including phenoxy) is 1. The van der Waals surface area contributed by atoms with Gasteiger partial charge in [-0.05, 0) is 78.6 Å². The molecule has 0 amide bonds. The fourth-order valence-electron chi connectivity index (χ4n) is 5.79. The van der Waals surface area contributed by atoms with Gasteiger partial charge in [0, 0.05) is 23.9 Å². The van der Waals surface area contributed by atoms with Crippen LogP contribution in [0.15, 0.2) is 41.6 Å². The number of fused-ring (bicyclic) bond motifs is 3. The molecule has 198 valence electrons. The minimum atomic E-state index is -0.491. The second-order valence-corrected chi connectivity index (χ2v) is 11.5. The van der Waals surface area contributed by atoms with E-state index >= 15 is 0 Å². The van der Waals surface area contributed by atoms with E-state index in [2.05, 4.69) is 37.2 Å². The molecule has 1 saturated carbocycles. The predicted octanol–water partition coefficient (Wildman–Crippen LogP) is 6.91. The molecule has 1 fully saturated rings. The Bertz CT molecular complexity index is 1210. The van der Waals surface area contributed by atoms with Crippen LogP contribution >= 0.6 is 0 Å². The lowest BCUT2D eigenvalue weighted by atomic mass is 9.79. The van der Waals surface area contributed by atoms with E-state index in [0.717, 1.165) is 35.2 Å². The third-order valence-electron chi connectivity index (χ3n) is 8.11. The Hall–Kier alpha value is -3.15. The Labute approximate surface area is 220 Å². The lowest BCUT2D eigenvalue weighted by Gasteiger charge is -2.36. The lowest BCUT2D eigenvalue weighted by molar-refractivity contribution is -0.162. The number of hydrogen-bond donors (Lipinski definition) is 1. The van der Waals surface area contributed by atoms with Gasteiger partial charge in [0.15, 0.2) is 0 Å². The van der Waals surface area contributed by atoms with Gasteiger partial charge in [-0.25, -0.2) is 4.79 Å². The summed E-state index contributed by atoms with van der Waals surface area (Å²) < 4.78 is 5.96. The lowest BCUT2D eigenvalue weighted by Crippen LogP contribution is -2.38. The maximum atomic E-state index is 12.9. The summed E-state index contributed by atoms with van der Waals surface area (Å²) in [4.78, 5) is 30.0. The molecule has 2 aromatic rings. The Morgan fingerprint density at radius 2 is 1.62 bits per heavy atom. The predicted molar refractivity (Wildman–Crippen MR) is 147 cm³/mol. The molecule has 2 aromatic carbocycles. The summed E-state index contributed by atoms with van der Waals surface area (Å²) in [7, 11) is 0. The van der Waals surface area contributed by atoms with E-state index in [-0.39, 0.29) is 24.2 Å². The van der Waals surface area contributed by atoms with E-state index in [0.29, 0.717) is 18.1 Å². The van der Waals surface area contributed by atoms with Crippen molar-refractivity contribution in [2.24, 2.45) is 11.1 Å². The summed E-state index contributed by atoms with van der Waals surface area (Å²) >= 11 is 0. The average molecular weight is 505 g/mol. The molecule has 0 aliphatic heterocycles. The van der Waals surface area contributed by atoms with Gasteiger partial charge in [0.2, 0.25) is 0 Å². The van der Waals surface area contributed by atoms with Gasteiger partial charge in [-0.2, -0.15) is 0 Å². The number of esters is 1. The number of oxime groups is 1. The highest BCUT2D eigenvalue weighted by Crippen LogP contribution is 2.49. The van der Waals surface area contributed by atoms with Gasteiger partial charge in [-0.15, -0.1) is 0 Å². The fourth-order valence-corrected chi connectivity index (χ4v) is 5.79. The zero-order chi connectivity index (χ0) is 26.8. The summed E-state index contributed by atoms with van der Waals surface area (Å²) in [5.41, 5.74) is 12.1. The van der Waals surface area contributed by atoms with Gasteiger partial charge in [0.25, 0.3) is 0 Å². The molecule has 0 unspecified atom stereocenters. The second-order valence-electron chi connectivity index (χ2n) is 11.5. The summed E-state index contributed by atoms with van der Waals surface area (Å²) in [6.07, 6.45) is 6.53. The Morgan fingerprint density at radius 3 is 2.30 bits per heavy atom. The van der Waals surface area contributed by atoms with Gasteiger partial charge in [0.05, 0.1) is 12.1 Å². The smallest absolute Gasteiger partial charge is 0.334 e. The number of nitrogens with zero attached hydrogens (tertiary/aromatic N) is 1. The van der Waals surface area contributed by atoms with E-state index in [4.69, 9.17) is 15.3 Å². The van der Waals surface area contributed by atoms with Crippen molar-refractivity contribution in [1.29, 1.82) is 0 Å². The molecule has 0 spiro atoms. The van der Waals surface area contributed by atoms with Crippen LogP contribution in [0.1, 0.15) is 103 Å². The molecule has 0 heterocycles. The molecule has 37 heavy (non-hydrogen) atoms. The van der Waals surface area contributed by atoms with Gasteiger partial charge < -0.3 is 15.3 Å². The van der Waals surface area contributed by atoms with Crippen LogP contribution < -0.4 is 5.73 Å². The van der Waals surface area contributed by atoms with Crippen LogP contribution in [0.3, 0.4) is 0 Å². The molecule has 2 aliphatic rings. The van der Waals surface area contributed by atoms with Crippen LogP contribution in [-0.2, 0) is 24.6 Å². The summed E-state index contributed by atoms with van der Waals surface area (Å²) in [6, 6.07) is 12.2. The molecule has 0 saturated heterocycles. The summed E-state index contributed by atoms with van der Waals surface area (Å²) in [5.74, 6) is -0.282. The average Bonchev–Trinajstić information content (AvgIpc) is 3.09. The monoisotopic (exact) mass is 504 g/mol. The van der Waals surface area contributed by atoms with Crippen molar-refractivity contribution in [3.8, 4) is 11.1 Å². The SMILES string of the molecule is CCC(=O)O/N=C(/CCC(=O)OC(C)(C)C1CCCCC1)c1ccc2c(c1)C(C)(C)c1cc(N)ccc1-2. The molecular formula is C31H40N2O4. The largest absolute Gasteiger partial charge is 0.459 e. The number of carbonyl (C=O) groups excluding carboxylic acids is 2. The van der Waals surface area contributed by atoms with Crippen molar-refractivity contribution in [2.45, 2.75) is 97.0 Å². The molecule has 2 N–H and O–H groups in total. The number of anilines is 1. The molecule has 0 bridgehead atoms. The number of benzene rings is 2. The first kappa shape index (κ1) is 26.9. The molecule has 4 rings (SSSR count). The van der Waals surface area contributed by atoms with Crippen LogP contribution in [0.4, 0.5) is 5.69 Å². The molecule has 6 heteroatoms. The second kappa shape index (κ2) is 10.7. The Balaban J connectivity index is 1.55. The molecule has 0 radical (unpaired) electrons. The summed E-state index contributed by atoms with van der Waals surface area (Å²) in [6.45, 7) is 10.1. The van der Waals surface area contributed by atoms with Crippen LogP contribution in [0.25, 0.3) is 11.1 Å².